The topological polar surface area (TPSA) is 3.24 Å². The first kappa shape index (κ1) is 12.1. The smallest absolute Gasteiger partial charge is 0.0390 e. The fraction of sp³-hybridized carbons (Fsp3) is 0.571. The van der Waals surface area contributed by atoms with Gasteiger partial charge >= 0.3 is 0 Å². The second-order valence-corrected chi connectivity index (χ2v) is 4.35. The molecule has 0 amide bonds. The molecule has 0 radical (unpaired) electrons. The van der Waals surface area contributed by atoms with E-state index in [0.717, 1.165) is 0 Å². The number of likely N-dealkylation sites (N-methyl/N-ethyl adjacent to an activating group) is 1. The highest BCUT2D eigenvalue weighted by molar-refractivity contribution is 5.35. The van der Waals surface area contributed by atoms with E-state index in [1.165, 1.54) is 37.1 Å². The van der Waals surface area contributed by atoms with Crippen molar-refractivity contribution < 1.29 is 0 Å². The Morgan fingerprint density at radius 2 is 1.80 bits per heavy atom. The monoisotopic (exact) mass is 205 g/mol. The minimum absolute atomic E-state index is 0.602. The fourth-order valence-corrected chi connectivity index (χ4v) is 2.36. The van der Waals surface area contributed by atoms with E-state index in [4.69, 9.17) is 0 Å². The zero-order chi connectivity index (χ0) is 11.5. The van der Waals surface area contributed by atoms with Crippen molar-refractivity contribution in [1.82, 2.24) is 4.90 Å². The molecule has 0 unspecified atom stereocenters. The second kappa shape index (κ2) is 4.69. The van der Waals surface area contributed by atoms with Crippen molar-refractivity contribution in [1.29, 1.82) is 0 Å². The van der Waals surface area contributed by atoms with Gasteiger partial charge in [-0.3, -0.25) is 0 Å². The predicted octanol–water partition coefficient (Wildman–Crippen LogP) is 3.75. The van der Waals surface area contributed by atoms with Crippen LogP contribution in [0.2, 0.25) is 0 Å². The van der Waals surface area contributed by atoms with E-state index >= 15 is 0 Å². The molecule has 1 nitrogen and oxygen atoms in total. The summed E-state index contributed by atoms with van der Waals surface area (Å²) in [7, 11) is 2.15. The molecular weight excluding hydrogens is 182 g/mol. The summed E-state index contributed by atoms with van der Waals surface area (Å²) in [5.74, 6) is 0. The largest absolute Gasteiger partial charge is 0.374 e. The predicted molar refractivity (Wildman–Crippen MR) is 67.7 cm³/mol. The summed E-state index contributed by atoms with van der Waals surface area (Å²) in [5.41, 5.74) is 3.25. The highest BCUT2D eigenvalue weighted by atomic mass is 15.1. The number of rotatable bonds is 2. The lowest BCUT2D eigenvalue weighted by Gasteiger charge is -2.33. The van der Waals surface area contributed by atoms with Gasteiger partial charge in [0.15, 0.2) is 0 Å². The minimum atomic E-state index is 0.602. The molecule has 0 aromatic heterocycles. The lowest BCUT2D eigenvalue weighted by molar-refractivity contribution is 0.293. The summed E-state index contributed by atoms with van der Waals surface area (Å²) >= 11 is 0. The number of hydrogen-bond donors (Lipinski definition) is 0. The molecule has 1 fully saturated rings. The summed E-state index contributed by atoms with van der Waals surface area (Å²) < 4.78 is 0. The van der Waals surface area contributed by atoms with E-state index in [1.807, 2.05) is 26.0 Å². The van der Waals surface area contributed by atoms with Crippen molar-refractivity contribution in [3.05, 3.63) is 36.6 Å². The first-order valence-corrected chi connectivity index (χ1v) is 5.90. The van der Waals surface area contributed by atoms with Crippen LogP contribution in [-0.4, -0.2) is 18.5 Å². The van der Waals surface area contributed by atoms with Gasteiger partial charge in [0, 0.05) is 19.3 Å². The highest BCUT2D eigenvalue weighted by Gasteiger charge is 2.46. The summed E-state index contributed by atoms with van der Waals surface area (Å²) in [4.78, 5) is 2.32. The molecule has 1 spiro atoms. The molecule has 1 heteroatoms. The van der Waals surface area contributed by atoms with Crippen molar-refractivity contribution >= 4 is 0 Å². The molecule has 0 bridgehead atoms. The summed E-state index contributed by atoms with van der Waals surface area (Å²) in [6.07, 6.45) is 7.93. The Hall–Kier alpha value is -0.980. The maximum absolute atomic E-state index is 3.88. The summed E-state index contributed by atoms with van der Waals surface area (Å²) in [5, 5.41) is 0. The molecule has 2 aliphatic rings. The van der Waals surface area contributed by atoms with Crippen molar-refractivity contribution in [3.8, 4) is 0 Å². The molecule has 0 aromatic rings. The maximum atomic E-state index is 3.88. The Kier molecular flexibility index (Phi) is 3.78. The van der Waals surface area contributed by atoms with Crippen LogP contribution < -0.4 is 0 Å². The van der Waals surface area contributed by atoms with E-state index in [9.17, 15) is 0 Å². The highest BCUT2D eigenvalue weighted by Crippen LogP contribution is 2.54. The van der Waals surface area contributed by atoms with Gasteiger partial charge in [-0.05, 0) is 36.3 Å². The van der Waals surface area contributed by atoms with E-state index in [1.54, 1.807) is 0 Å². The Morgan fingerprint density at radius 3 is 2.20 bits per heavy atom. The lowest BCUT2D eigenvalue weighted by atomic mass is 9.90. The average Bonchev–Trinajstić information content (AvgIpc) is 2.99. The normalized spacial score (nSPS) is 21.9. The first-order valence-electron chi connectivity index (χ1n) is 5.90. The standard InChI is InChI=1S/C12H17N.C2H6/c1-4-10-8-12(6-7-12)9-13(3)11(10)5-2;1-2/h4-5H,1-2,6-9H2,3H3;1-2H3. The zero-order valence-electron chi connectivity index (χ0n) is 10.3. The van der Waals surface area contributed by atoms with Gasteiger partial charge in [-0.25, -0.2) is 0 Å². The van der Waals surface area contributed by atoms with Gasteiger partial charge in [-0.1, -0.05) is 33.1 Å². The lowest BCUT2D eigenvalue weighted by Crippen LogP contribution is -2.31. The maximum Gasteiger partial charge on any atom is 0.0390 e. The van der Waals surface area contributed by atoms with Gasteiger partial charge in [-0.2, -0.15) is 0 Å². The van der Waals surface area contributed by atoms with Gasteiger partial charge in [0.1, 0.15) is 0 Å². The molecule has 1 aliphatic heterocycles. The van der Waals surface area contributed by atoms with Crippen molar-refractivity contribution in [2.45, 2.75) is 33.1 Å². The molecule has 0 aromatic carbocycles. The SMILES string of the molecule is C=CC1=C(C=C)N(C)CC2(CC2)C1.CC. The van der Waals surface area contributed by atoms with Gasteiger partial charge < -0.3 is 4.90 Å². The van der Waals surface area contributed by atoms with Crippen molar-refractivity contribution in [2.24, 2.45) is 5.41 Å². The summed E-state index contributed by atoms with van der Waals surface area (Å²) in [6, 6.07) is 0. The molecule has 84 valence electrons. The third-order valence-electron chi connectivity index (χ3n) is 3.28. The van der Waals surface area contributed by atoms with E-state index < -0.39 is 0 Å². The number of hydrogen-bond acceptors (Lipinski definition) is 1. The Balaban J connectivity index is 0.000000531. The first-order chi connectivity index (χ1) is 7.21. The number of allylic oxidation sites excluding steroid dienone is 3. The Bertz CT molecular complexity index is 282. The fourth-order valence-electron chi connectivity index (χ4n) is 2.36. The molecule has 0 saturated heterocycles. The van der Waals surface area contributed by atoms with Gasteiger partial charge in [-0.15, -0.1) is 0 Å². The Labute approximate surface area is 94.2 Å². The molecular formula is C14H23N. The van der Waals surface area contributed by atoms with Crippen molar-refractivity contribution in [3.63, 3.8) is 0 Å². The van der Waals surface area contributed by atoms with Crippen LogP contribution in [0.3, 0.4) is 0 Å². The van der Waals surface area contributed by atoms with E-state index in [2.05, 4.69) is 25.1 Å². The molecule has 0 atom stereocenters. The summed E-state index contributed by atoms with van der Waals surface area (Å²) in [6.45, 7) is 12.9. The zero-order valence-corrected chi connectivity index (χ0v) is 10.3. The number of nitrogens with zero attached hydrogens (tertiary/aromatic N) is 1. The third-order valence-corrected chi connectivity index (χ3v) is 3.28. The van der Waals surface area contributed by atoms with Gasteiger partial charge in [0.25, 0.3) is 0 Å². The van der Waals surface area contributed by atoms with Crippen LogP contribution in [0.15, 0.2) is 36.6 Å². The molecule has 2 rings (SSSR count). The van der Waals surface area contributed by atoms with Gasteiger partial charge in [0.2, 0.25) is 0 Å². The van der Waals surface area contributed by atoms with Crippen LogP contribution in [0.4, 0.5) is 0 Å². The van der Waals surface area contributed by atoms with Crippen LogP contribution >= 0.6 is 0 Å². The van der Waals surface area contributed by atoms with E-state index in [0.29, 0.717) is 5.41 Å². The van der Waals surface area contributed by atoms with Crippen LogP contribution in [0.25, 0.3) is 0 Å². The Morgan fingerprint density at radius 1 is 1.20 bits per heavy atom. The molecule has 1 heterocycles. The van der Waals surface area contributed by atoms with Crippen LogP contribution in [0.1, 0.15) is 33.1 Å². The second-order valence-electron chi connectivity index (χ2n) is 4.35. The minimum Gasteiger partial charge on any atom is -0.374 e. The van der Waals surface area contributed by atoms with Gasteiger partial charge in [0.05, 0.1) is 0 Å². The van der Waals surface area contributed by atoms with E-state index in [-0.39, 0.29) is 0 Å². The third kappa shape index (κ3) is 2.34. The molecule has 1 aliphatic carbocycles. The van der Waals surface area contributed by atoms with Crippen LogP contribution in [0.5, 0.6) is 0 Å². The van der Waals surface area contributed by atoms with Crippen LogP contribution in [0, 0.1) is 5.41 Å². The van der Waals surface area contributed by atoms with Crippen LogP contribution in [-0.2, 0) is 0 Å². The molecule has 0 N–H and O–H groups in total. The van der Waals surface area contributed by atoms with Crippen molar-refractivity contribution in [2.75, 3.05) is 13.6 Å². The molecule has 1 saturated carbocycles. The average molecular weight is 205 g/mol. The molecule has 15 heavy (non-hydrogen) atoms. The quantitative estimate of drug-likeness (QED) is 0.663.